The molecule has 0 aliphatic heterocycles. The van der Waals surface area contributed by atoms with Crippen molar-refractivity contribution in [2.75, 3.05) is 0 Å². The van der Waals surface area contributed by atoms with Crippen LogP contribution in [-0.4, -0.2) is 9.97 Å². The number of aromatic nitrogens is 2. The zero-order valence-electron chi connectivity index (χ0n) is 33.7. The first-order valence-corrected chi connectivity index (χ1v) is 20.6. The Labute approximate surface area is 345 Å². The van der Waals surface area contributed by atoms with Gasteiger partial charge in [-0.05, 0) is 122 Å². The largest absolute Gasteiger partial charge is 0.254 e. The lowest BCUT2D eigenvalue weighted by Crippen LogP contribution is -2.28. The second-order valence-electron chi connectivity index (χ2n) is 16.2. The Balaban J connectivity index is 1.10. The lowest BCUT2D eigenvalue weighted by Gasteiger charge is -2.34. The average molecular weight is 755 g/mol. The Morgan fingerprint density at radius 2 is 0.966 bits per heavy atom. The number of pyridine rings is 2. The van der Waals surface area contributed by atoms with Gasteiger partial charge in [0, 0.05) is 22.5 Å². The molecule has 2 heteroatoms. The van der Waals surface area contributed by atoms with Gasteiger partial charge in [0.1, 0.15) is 0 Å². The fourth-order valence-electron chi connectivity index (χ4n) is 10.1. The Kier molecular flexibility index (Phi) is 8.00. The highest BCUT2D eigenvalue weighted by atomic mass is 14.8. The molecule has 8 aromatic carbocycles. The summed E-state index contributed by atoms with van der Waals surface area (Å²) in [5.41, 5.74) is 21.1. The topological polar surface area (TPSA) is 25.8 Å². The summed E-state index contributed by atoms with van der Waals surface area (Å²) < 4.78 is 0. The zero-order chi connectivity index (χ0) is 39.8. The maximum absolute atomic E-state index is 5.40. The van der Waals surface area contributed by atoms with Gasteiger partial charge in [-0.2, -0.15) is 0 Å². The van der Waals surface area contributed by atoms with E-state index in [9.17, 15) is 0 Å². The molecule has 0 saturated carbocycles. The third kappa shape index (κ3) is 5.12. The number of rotatable bonds is 5. The second kappa shape index (κ2) is 13.5. The summed E-state index contributed by atoms with van der Waals surface area (Å²) in [6, 6.07) is 65.0. The molecule has 0 fully saturated rings. The maximum Gasteiger partial charge on any atom is 0.0975 e. The third-order valence-electron chi connectivity index (χ3n) is 13.2. The maximum atomic E-state index is 5.40. The minimum Gasteiger partial charge on any atom is -0.254 e. The molecule has 0 N–H and O–H groups in total. The van der Waals surface area contributed by atoms with Gasteiger partial charge in [-0.1, -0.05) is 170 Å². The van der Waals surface area contributed by atoms with E-state index in [0.717, 1.165) is 33.1 Å². The first kappa shape index (κ1) is 35.0. The van der Waals surface area contributed by atoms with Crippen LogP contribution in [0.4, 0.5) is 0 Å². The van der Waals surface area contributed by atoms with Crippen molar-refractivity contribution in [1.29, 1.82) is 0 Å². The van der Waals surface area contributed by atoms with Crippen LogP contribution in [0.2, 0.25) is 0 Å². The molecular formula is C57H42N2. The zero-order valence-corrected chi connectivity index (χ0v) is 33.7. The van der Waals surface area contributed by atoms with Crippen LogP contribution in [0.5, 0.6) is 0 Å². The number of hydrogen-bond acceptors (Lipinski definition) is 2. The van der Waals surface area contributed by atoms with Gasteiger partial charge in [0.25, 0.3) is 0 Å². The van der Waals surface area contributed by atoms with Crippen molar-refractivity contribution in [2.45, 2.75) is 33.1 Å². The van der Waals surface area contributed by atoms with E-state index in [-0.39, 0.29) is 0 Å². The van der Waals surface area contributed by atoms with Gasteiger partial charge < -0.3 is 0 Å². The summed E-state index contributed by atoms with van der Waals surface area (Å²) in [5.74, 6) is 0. The molecule has 2 aromatic heterocycles. The second-order valence-corrected chi connectivity index (χ2v) is 16.2. The Hall–Kier alpha value is -7.16. The minimum absolute atomic E-state index is 0.450. The van der Waals surface area contributed by atoms with Crippen LogP contribution >= 0.6 is 0 Å². The molecule has 11 rings (SSSR count). The number of benzene rings is 8. The van der Waals surface area contributed by atoms with Gasteiger partial charge in [-0.25, -0.2) is 4.98 Å². The minimum atomic E-state index is -0.450. The molecule has 2 nitrogen and oxygen atoms in total. The fraction of sp³-hybridized carbons (Fsp3) is 0.0877. The highest BCUT2D eigenvalue weighted by molar-refractivity contribution is 6.09. The molecule has 0 radical (unpaired) electrons. The molecular weight excluding hydrogens is 713 g/mol. The van der Waals surface area contributed by atoms with Gasteiger partial charge in [0.15, 0.2) is 0 Å². The summed E-state index contributed by atoms with van der Waals surface area (Å²) in [7, 11) is 0. The fourth-order valence-corrected chi connectivity index (χ4v) is 10.1. The first-order valence-electron chi connectivity index (χ1n) is 20.6. The van der Waals surface area contributed by atoms with E-state index < -0.39 is 5.41 Å². The first-order chi connectivity index (χ1) is 28.9. The smallest absolute Gasteiger partial charge is 0.0975 e. The quantitative estimate of drug-likeness (QED) is 0.164. The molecule has 0 spiro atoms. The van der Waals surface area contributed by atoms with Crippen LogP contribution in [-0.2, 0) is 5.41 Å². The van der Waals surface area contributed by atoms with Gasteiger partial charge in [-0.15, -0.1) is 0 Å². The van der Waals surface area contributed by atoms with Crippen molar-refractivity contribution < 1.29 is 0 Å². The van der Waals surface area contributed by atoms with Crippen molar-refractivity contribution in [3.8, 4) is 44.6 Å². The van der Waals surface area contributed by atoms with Gasteiger partial charge in [0.05, 0.1) is 22.1 Å². The lowest BCUT2D eigenvalue weighted by molar-refractivity contribution is 0.768. The predicted octanol–water partition coefficient (Wildman–Crippen LogP) is 14.5. The molecule has 0 saturated heterocycles. The number of nitrogens with zero attached hydrogens (tertiary/aromatic N) is 2. The van der Waals surface area contributed by atoms with E-state index >= 15 is 0 Å². The number of aryl methyl sites for hydroxylation is 3. The summed E-state index contributed by atoms with van der Waals surface area (Å²) in [4.78, 5) is 10.3. The Bertz CT molecular complexity index is 3270. The average Bonchev–Trinajstić information content (AvgIpc) is 3.60. The van der Waals surface area contributed by atoms with Crippen LogP contribution < -0.4 is 0 Å². The molecule has 0 unspecified atom stereocenters. The lowest BCUT2D eigenvalue weighted by atomic mass is 9.67. The monoisotopic (exact) mass is 754 g/mol. The van der Waals surface area contributed by atoms with Crippen molar-refractivity contribution in [2.24, 2.45) is 0 Å². The van der Waals surface area contributed by atoms with Crippen molar-refractivity contribution in [1.82, 2.24) is 9.97 Å². The molecule has 280 valence electrons. The number of fused-ring (bicyclic) bond motifs is 7. The molecule has 1 aliphatic rings. The van der Waals surface area contributed by atoms with E-state index in [1.54, 1.807) is 0 Å². The van der Waals surface area contributed by atoms with Gasteiger partial charge >= 0.3 is 0 Å². The van der Waals surface area contributed by atoms with E-state index in [4.69, 9.17) is 9.97 Å². The van der Waals surface area contributed by atoms with Crippen molar-refractivity contribution in [3.05, 3.63) is 227 Å². The Morgan fingerprint density at radius 1 is 0.390 bits per heavy atom. The molecule has 2 heterocycles. The van der Waals surface area contributed by atoms with E-state index in [2.05, 4.69) is 204 Å². The molecule has 0 amide bonds. The van der Waals surface area contributed by atoms with Crippen LogP contribution in [0, 0.1) is 27.7 Å². The normalized spacial score (nSPS) is 12.9. The SMILES string of the molecule is Cc1cnc2c(ccc3c(C)c(C)c(-c4cccc(-c5ccc(-c6cccc7c6-c6ccccc6C7(c6ccccc6)c6ccccc6)c6ccccc56)c4)nc32)c1C. The van der Waals surface area contributed by atoms with E-state index in [0.29, 0.717) is 0 Å². The molecule has 1 aliphatic carbocycles. The predicted molar refractivity (Wildman–Crippen MR) is 247 cm³/mol. The molecule has 0 atom stereocenters. The van der Waals surface area contributed by atoms with Crippen LogP contribution in [0.1, 0.15) is 44.5 Å². The summed E-state index contributed by atoms with van der Waals surface area (Å²) in [5, 5.41) is 4.78. The molecule has 10 aromatic rings. The van der Waals surface area contributed by atoms with E-state index in [1.165, 1.54) is 88.7 Å². The summed E-state index contributed by atoms with van der Waals surface area (Å²) >= 11 is 0. The Morgan fingerprint density at radius 3 is 1.71 bits per heavy atom. The van der Waals surface area contributed by atoms with Gasteiger partial charge in [-0.3, -0.25) is 4.98 Å². The molecule has 0 bridgehead atoms. The highest BCUT2D eigenvalue weighted by Gasteiger charge is 2.46. The van der Waals surface area contributed by atoms with Crippen LogP contribution in [0.15, 0.2) is 182 Å². The third-order valence-corrected chi connectivity index (χ3v) is 13.2. The number of hydrogen-bond donors (Lipinski definition) is 0. The van der Waals surface area contributed by atoms with Crippen molar-refractivity contribution in [3.63, 3.8) is 0 Å². The van der Waals surface area contributed by atoms with Gasteiger partial charge in [0.2, 0.25) is 0 Å². The summed E-state index contributed by atoms with van der Waals surface area (Å²) in [6.45, 7) is 8.72. The van der Waals surface area contributed by atoms with E-state index in [1.807, 2.05) is 6.20 Å². The summed E-state index contributed by atoms with van der Waals surface area (Å²) in [6.07, 6.45) is 1.98. The van der Waals surface area contributed by atoms with Crippen LogP contribution in [0.3, 0.4) is 0 Å². The van der Waals surface area contributed by atoms with Crippen molar-refractivity contribution >= 4 is 32.6 Å². The molecule has 59 heavy (non-hydrogen) atoms. The van der Waals surface area contributed by atoms with Crippen LogP contribution in [0.25, 0.3) is 77.2 Å². The highest BCUT2D eigenvalue weighted by Crippen LogP contribution is 2.58. The standard InChI is InChI=1S/C57H42N2/c1-35-34-58-55-43(36(35)2)29-30-44-37(3)38(4)54(59-56(44)55)40-18-15-17-39(33-40)45-31-32-48(47-24-12-11-23-46(45)47)49-26-16-28-52-53(49)50-25-13-14-27-51(50)57(52,41-19-7-5-8-20-41)42-21-9-6-10-22-42/h5-34H,1-4H3.